The summed E-state index contributed by atoms with van der Waals surface area (Å²) in [5.74, 6) is 4.85. The second kappa shape index (κ2) is 24.2. The molecule has 4 heterocycles. The number of aliphatic hydroxyl groups is 2. The van der Waals surface area contributed by atoms with Crippen molar-refractivity contribution in [2.24, 2.45) is 35.5 Å². The van der Waals surface area contributed by atoms with Gasteiger partial charge in [0.15, 0.2) is 0 Å². The highest BCUT2D eigenvalue weighted by molar-refractivity contribution is 7.99. The van der Waals surface area contributed by atoms with Crippen molar-refractivity contribution in [3.63, 3.8) is 0 Å². The lowest BCUT2D eigenvalue weighted by molar-refractivity contribution is -0.0318. The number of benzene rings is 4. The summed E-state index contributed by atoms with van der Waals surface area (Å²) in [6, 6.07) is 23.1. The molecule has 0 radical (unpaired) electrons. The lowest BCUT2D eigenvalue weighted by Crippen LogP contribution is -2.51. The predicted molar refractivity (Wildman–Crippen MR) is 345 cm³/mol. The Hall–Kier alpha value is -5.03. The SMILES string of the molecule is C.C=S1(=O)NC(=O)c2ccc3c(c2)N(C[C@@H]2CC[C@H]2[C@@](C)(O)/C=C/C[C@H](C)[C@H]1C)C[C@@]1(CCCc2cc(Cl)ccc21)CO3.C[C@@H]1[C@@H](C)C/C=C/[C@@](C)(O)[C@@H]2CC[C@H]2CN2C[C@@]3(CCCc4cc(Cl)ccc43)COc3ccc(cc32)C(=O)NS1(=O)=O. The van der Waals surface area contributed by atoms with Crippen LogP contribution in [0.25, 0.3) is 0 Å². The number of nitrogens with zero attached hydrogens (tertiary/aromatic N) is 2. The Bertz CT molecular complexity index is 3270. The summed E-state index contributed by atoms with van der Waals surface area (Å²) in [5.41, 5.74) is 5.00. The van der Waals surface area contributed by atoms with Crippen LogP contribution in [0.4, 0.5) is 11.4 Å². The van der Waals surface area contributed by atoms with Gasteiger partial charge in [-0.05, 0) is 229 Å². The number of carbonyl (C=O) groups excluding carboxylic acids is 2. The van der Waals surface area contributed by atoms with Crippen LogP contribution in [-0.2, 0) is 43.4 Å². The normalized spacial score (nSPS) is 35.8. The van der Waals surface area contributed by atoms with Gasteiger partial charge in [0, 0.05) is 63.4 Å². The Labute approximate surface area is 515 Å². The summed E-state index contributed by atoms with van der Waals surface area (Å²) in [6.45, 7) is 15.1. The molecule has 2 amide bonds. The van der Waals surface area contributed by atoms with Crippen molar-refractivity contribution in [2.75, 3.05) is 49.2 Å². The van der Waals surface area contributed by atoms with Gasteiger partial charge in [0.05, 0.1) is 50.7 Å². The number of ether oxygens (including phenoxy) is 2. The monoisotopic (exact) mass is 1240 g/mol. The van der Waals surface area contributed by atoms with Gasteiger partial charge < -0.3 is 29.5 Å². The van der Waals surface area contributed by atoms with Crippen LogP contribution in [-0.4, -0.2) is 102 Å². The Morgan fingerprint density at radius 1 is 0.612 bits per heavy atom. The number of halogens is 2. The molecule has 4 bridgehead atoms. The van der Waals surface area contributed by atoms with Crippen molar-refractivity contribution in [3.05, 3.63) is 141 Å². The van der Waals surface area contributed by atoms with Crippen molar-refractivity contribution >= 4 is 72.0 Å². The summed E-state index contributed by atoms with van der Waals surface area (Å²) in [6.07, 6.45) is 18.8. The molecule has 4 aliphatic carbocycles. The Morgan fingerprint density at radius 3 is 1.48 bits per heavy atom. The van der Waals surface area contributed by atoms with Crippen molar-refractivity contribution in [1.29, 1.82) is 0 Å². The van der Waals surface area contributed by atoms with E-state index in [1.54, 1.807) is 31.2 Å². The average Bonchev–Trinajstić information content (AvgIpc) is 1.86. The van der Waals surface area contributed by atoms with E-state index >= 15 is 0 Å². The van der Waals surface area contributed by atoms with Crippen LogP contribution in [0.5, 0.6) is 11.5 Å². The topological polar surface area (TPSA) is 175 Å². The first-order chi connectivity index (χ1) is 39.8. The highest BCUT2D eigenvalue weighted by Gasteiger charge is 2.49. The van der Waals surface area contributed by atoms with Crippen molar-refractivity contribution < 1.29 is 41.9 Å². The summed E-state index contributed by atoms with van der Waals surface area (Å²) in [5, 5.41) is 23.5. The Morgan fingerprint density at radius 2 is 1.05 bits per heavy atom. The third-order valence-electron chi connectivity index (χ3n) is 21.0. The van der Waals surface area contributed by atoms with Gasteiger partial charge in [-0.25, -0.2) is 17.3 Å². The van der Waals surface area contributed by atoms with E-state index < -0.39 is 42.1 Å². The maximum absolute atomic E-state index is 13.6. The fourth-order valence-corrected chi connectivity index (χ4v) is 18.3. The van der Waals surface area contributed by atoms with Crippen LogP contribution in [0, 0.1) is 35.5 Å². The van der Waals surface area contributed by atoms with Crippen LogP contribution in [0.1, 0.15) is 156 Å². The molecule has 12 rings (SSSR count). The minimum absolute atomic E-state index is 0. The molecule has 13 atom stereocenters. The number of allylic oxidation sites excluding steroid dienone is 2. The van der Waals surface area contributed by atoms with Crippen LogP contribution in [0.3, 0.4) is 0 Å². The molecule has 460 valence electrons. The fraction of sp³-hybridized carbons (Fsp3) is 0.544. The van der Waals surface area contributed by atoms with E-state index in [4.69, 9.17) is 32.7 Å². The standard InChI is InChI=1S/C34H43ClN2O4S.C33H41ClN2O5S.CH4/c1-22-7-5-15-33(3,39)28-12-9-26(28)19-37-20-34(16-6-8-24-17-27(35)11-13-29(24)34)21-41-31-14-10-25(18-30(31)37)32(38)36-42(4,40)23(22)2;1-21-6-4-14-32(3,38)27-11-8-25(27)18-36-19-33(15-5-7-23-16-26(34)10-12-28(23)33)20-41-30-13-9-24(17-29(30)36)31(37)35-42(39,40)22(21)2;/h5,10-11,13-15,17-18,22-23,26,28,39H,4,6-9,12,16,19-21H2,1-3H3,(H,36,38,40);4,9-10,12-14,16-17,21-22,25,27,38H,5-8,11,15,18-20H2,1-3H3,(H,35,37);1H4/b15-5+;14-4+;/t22-,23+,26-,28+,33-,34-,42?;21-,22+,25-,27+,32+,33-;/m00./s1. The number of rotatable bonds is 0. The zero-order valence-electron chi connectivity index (χ0n) is 49.5. The molecule has 13 nitrogen and oxygen atoms in total. The van der Waals surface area contributed by atoms with E-state index in [9.17, 15) is 32.4 Å². The number of sulfonamides is 1. The first kappa shape index (κ1) is 63.0. The number of hydrogen-bond acceptors (Lipinski definition) is 11. The summed E-state index contributed by atoms with van der Waals surface area (Å²) in [7, 11) is -6.85. The molecule has 2 spiro atoms. The number of nitrogens with one attached hydrogen (secondary N) is 2. The first-order valence-corrected chi connectivity index (χ1v) is 34.5. The zero-order valence-corrected chi connectivity index (χ0v) is 52.7. The largest absolute Gasteiger partial charge is 0.490 e. The van der Waals surface area contributed by atoms with Crippen LogP contribution < -0.4 is 28.7 Å². The second-order valence-electron chi connectivity index (χ2n) is 26.7. The molecular formula is C68H88Cl2N4O9S2. The molecule has 2 saturated carbocycles. The Kier molecular flexibility index (Phi) is 17.9. The first-order valence-electron chi connectivity index (χ1n) is 30.4. The molecule has 2 fully saturated rings. The maximum atomic E-state index is 13.6. The summed E-state index contributed by atoms with van der Waals surface area (Å²) >= 11 is 12.8. The summed E-state index contributed by atoms with van der Waals surface area (Å²) in [4.78, 5) is 31.6. The number of amides is 2. The van der Waals surface area contributed by atoms with E-state index in [0.717, 1.165) is 104 Å². The highest BCUT2D eigenvalue weighted by atomic mass is 35.5. The molecule has 0 aromatic heterocycles. The third kappa shape index (κ3) is 12.6. The van der Waals surface area contributed by atoms with E-state index in [2.05, 4.69) is 49.4 Å². The summed E-state index contributed by atoms with van der Waals surface area (Å²) < 4.78 is 58.2. The van der Waals surface area contributed by atoms with Gasteiger partial charge >= 0.3 is 0 Å². The molecule has 1 unspecified atom stereocenters. The number of anilines is 2. The number of aryl methyl sites for hydroxylation is 2. The Balaban J connectivity index is 0.000000187. The van der Waals surface area contributed by atoms with E-state index in [1.165, 1.54) is 22.3 Å². The molecule has 0 saturated heterocycles. The molecule has 85 heavy (non-hydrogen) atoms. The quantitative estimate of drug-likeness (QED) is 0.0974. The molecule has 4 aromatic carbocycles. The molecule has 4 aliphatic heterocycles. The molecule has 4 N–H and O–H groups in total. The number of hydrogen-bond donors (Lipinski definition) is 4. The molecular weight excluding hydrogens is 1150 g/mol. The molecule has 8 aliphatic rings. The number of carbonyl (C=O) groups is 2. The predicted octanol–water partition coefficient (Wildman–Crippen LogP) is 12.2. The molecule has 17 heteroatoms. The van der Waals surface area contributed by atoms with Crippen LogP contribution >= 0.6 is 23.2 Å². The van der Waals surface area contributed by atoms with E-state index in [-0.39, 0.29) is 64.6 Å². The van der Waals surface area contributed by atoms with Crippen molar-refractivity contribution in [3.8, 4) is 11.5 Å². The molecule has 4 aromatic rings. The minimum atomic E-state index is -3.93. The van der Waals surface area contributed by atoms with Gasteiger partial charge in [-0.3, -0.25) is 14.3 Å². The maximum Gasteiger partial charge on any atom is 0.264 e. The van der Waals surface area contributed by atoms with E-state index in [0.29, 0.717) is 56.4 Å². The van der Waals surface area contributed by atoms with Gasteiger partial charge in [-0.2, -0.15) is 0 Å². The van der Waals surface area contributed by atoms with Crippen LogP contribution in [0.2, 0.25) is 10.0 Å². The van der Waals surface area contributed by atoms with Crippen molar-refractivity contribution in [2.45, 2.75) is 159 Å². The smallest absolute Gasteiger partial charge is 0.264 e. The fourth-order valence-electron chi connectivity index (χ4n) is 15.1. The van der Waals surface area contributed by atoms with Crippen LogP contribution in [0.15, 0.2) is 97.1 Å². The lowest BCUT2D eigenvalue weighted by atomic mass is 9.64. The van der Waals surface area contributed by atoms with Gasteiger partial charge in [-0.15, -0.1) is 0 Å². The third-order valence-corrected chi connectivity index (χ3v) is 25.5. The minimum Gasteiger partial charge on any atom is -0.490 e. The highest BCUT2D eigenvalue weighted by Crippen LogP contribution is 2.51. The van der Waals surface area contributed by atoms with Crippen molar-refractivity contribution in [1.82, 2.24) is 9.44 Å². The van der Waals surface area contributed by atoms with E-state index in [1.807, 2.05) is 83.2 Å². The van der Waals surface area contributed by atoms with Gasteiger partial charge in [0.25, 0.3) is 11.8 Å². The average molecular weight is 1240 g/mol. The van der Waals surface area contributed by atoms with Gasteiger partial charge in [-0.1, -0.05) is 80.9 Å². The second-order valence-corrected chi connectivity index (χ2v) is 32.0. The number of fused-ring (bicyclic) bond motifs is 8. The van der Waals surface area contributed by atoms with Gasteiger partial charge in [0.1, 0.15) is 11.5 Å². The van der Waals surface area contributed by atoms with Gasteiger partial charge in [0.2, 0.25) is 10.0 Å². The lowest BCUT2D eigenvalue weighted by Gasteiger charge is -2.48. The zero-order chi connectivity index (χ0) is 59.7.